The van der Waals surface area contributed by atoms with Crippen LogP contribution in [0.1, 0.15) is 55.4 Å². The summed E-state index contributed by atoms with van der Waals surface area (Å²) in [4.78, 5) is 40.1. The van der Waals surface area contributed by atoms with Gasteiger partial charge in [-0.3, -0.25) is 18.3 Å². The van der Waals surface area contributed by atoms with E-state index in [0.717, 1.165) is 0 Å². The average Bonchev–Trinajstić information content (AvgIpc) is 4.09. The minimum absolute atomic E-state index is 0. The molecule has 9 rings (SSSR count). The molecular formula is C48H52N8O12P4Zn. The van der Waals surface area contributed by atoms with Crippen LogP contribution in [0.3, 0.4) is 0 Å². The molecule has 0 saturated carbocycles. The van der Waals surface area contributed by atoms with Crippen molar-refractivity contribution in [2.24, 2.45) is 0 Å². The SMILES string of the molecule is CCOP(=O)(OCC)c1ccc2c(c1)-c1nc-2nc2[n-]c(nc3nc(nc4[n-]c(n1)c1ccc(P(=O)(OCC)OCC)cc41)-c1cc(P(=O)(OCC)OCC)ccc1-3)c1cc(P(=O)(OCC)OCC)ccc21.[Zn+2]. The number of benzene rings is 4. The van der Waals surface area contributed by atoms with E-state index in [4.69, 9.17) is 76.1 Å². The molecule has 0 unspecified atom stereocenters. The molecule has 7 aromatic rings. The number of rotatable bonds is 20. The van der Waals surface area contributed by atoms with E-state index in [0.29, 0.717) is 43.8 Å². The Morgan fingerprint density at radius 2 is 0.575 bits per heavy atom. The molecule has 4 aromatic carbocycles. The zero-order chi connectivity index (χ0) is 51.0. The first-order chi connectivity index (χ1) is 34.7. The molecule has 0 aliphatic carbocycles. The van der Waals surface area contributed by atoms with Gasteiger partial charge in [0.2, 0.25) is 0 Å². The second kappa shape index (κ2) is 22.4. The second-order valence-corrected chi connectivity index (χ2v) is 23.8. The van der Waals surface area contributed by atoms with E-state index in [1.807, 2.05) is 0 Å². The Morgan fingerprint density at radius 3 is 0.863 bits per heavy atom. The molecule has 2 aliphatic heterocycles. The summed E-state index contributed by atoms with van der Waals surface area (Å²) in [6.07, 6.45) is 0. The summed E-state index contributed by atoms with van der Waals surface area (Å²) in [6, 6.07) is 20.0. The maximum absolute atomic E-state index is 14.3. The molecule has 25 heteroatoms. The van der Waals surface area contributed by atoms with Gasteiger partial charge >= 0.3 is 49.9 Å². The van der Waals surface area contributed by atoms with Crippen LogP contribution >= 0.6 is 30.4 Å². The Morgan fingerprint density at radius 1 is 0.329 bits per heavy atom. The van der Waals surface area contributed by atoms with Crippen molar-refractivity contribution in [1.82, 2.24) is 39.9 Å². The van der Waals surface area contributed by atoms with Crippen LogP contribution in [-0.4, -0.2) is 82.8 Å². The maximum atomic E-state index is 14.3. The van der Waals surface area contributed by atoms with Crippen molar-refractivity contribution in [2.75, 3.05) is 52.9 Å². The second-order valence-electron chi connectivity index (χ2n) is 15.7. The van der Waals surface area contributed by atoms with Gasteiger partial charge < -0.3 is 66.1 Å². The fourth-order valence-corrected chi connectivity index (χ4v) is 14.8. The molecule has 0 saturated heterocycles. The maximum Gasteiger partial charge on any atom is 2.00 e. The van der Waals surface area contributed by atoms with Gasteiger partial charge in [0.05, 0.1) is 97.4 Å². The summed E-state index contributed by atoms with van der Waals surface area (Å²) >= 11 is 0. The van der Waals surface area contributed by atoms with Crippen molar-refractivity contribution in [3.8, 4) is 45.6 Å². The van der Waals surface area contributed by atoms with Crippen molar-refractivity contribution in [3.63, 3.8) is 0 Å². The quantitative estimate of drug-likeness (QED) is 0.0509. The largest absolute Gasteiger partial charge is 2.00 e. The van der Waals surface area contributed by atoms with Gasteiger partial charge in [-0.05, 0) is 125 Å². The van der Waals surface area contributed by atoms with Gasteiger partial charge in [0.15, 0.2) is 0 Å². The predicted molar refractivity (Wildman–Crippen MR) is 276 cm³/mol. The van der Waals surface area contributed by atoms with Gasteiger partial charge in [-0.1, -0.05) is 24.3 Å². The fraction of sp³-hybridized carbons (Fsp3) is 0.333. The van der Waals surface area contributed by atoms with E-state index < -0.39 is 30.4 Å². The molecular weight excluding hydrogens is 1070 g/mol. The van der Waals surface area contributed by atoms with Crippen LogP contribution in [0.4, 0.5) is 0 Å². The zero-order valence-electron chi connectivity index (χ0n) is 41.6. The van der Waals surface area contributed by atoms with E-state index in [1.165, 1.54) is 0 Å². The Labute approximate surface area is 434 Å². The van der Waals surface area contributed by atoms with Crippen LogP contribution in [0.15, 0.2) is 72.8 Å². The molecule has 0 radical (unpaired) electrons. The fourth-order valence-electron chi connectivity index (χ4n) is 8.40. The van der Waals surface area contributed by atoms with E-state index in [2.05, 4.69) is 0 Å². The normalized spacial score (nSPS) is 12.8. The molecule has 73 heavy (non-hydrogen) atoms. The van der Waals surface area contributed by atoms with Gasteiger partial charge in [0, 0.05) is 44.8 Å². The van der Waals surface area contributed by atoms with Crippen molar-refractivity contribution in [2.45, 2.75) is 55.4 Å². The van der Waals surface area contributed by atoms with Crippen molar-refractivity contribution < 1.29 is 73.9 Å². The van der Waals surface area contributed by atoms with Crippen LogP contribution in [0.25, 0.3) is 89.7 Å². The topological polar surface area (TPSA) is 248 Å². The zero-order valence-corrected chi connectivity index (χ0v) is 48.1. The predicted octanol–water partition coefficient (Wildman–Crippen LogP) is 9.69. The molecule has 3 aromatic heterocycles. The third-order valence-corrected chi connectivity index (χ3v) is 19.7. The standard InChI is InChI=1S/C48H52N8O12P4.Zn/c1-9-61-69(57,62-10-2)29-17-21-33-37(25-29)45-50-41(33)49-42-34-22-18-30(70(58,63-11-3)64-12-4)26-38(34)46(51-42)53-44-36-24-20-32(72(60,67-15-7)68-16-8)28-40(36)48(55-44)56-47-39-27-31(71(59,65-13-5)66-14-6)19-23-35(39)43(52-45)54-47;/h17-28H,9-16H2,1-8H3;/q-2;+2. The molecule has 8 bridgehead atoms. The average molecular weight is 1120 g/mol. The van der Waals surface area contributed by atoms with Crippen LogP contribution in [0, 0.1) is 0 Å². The third-order valence-electron chi connectivity index (χ3n) is 11.3. The van der Waals surface area contributed by atoms with E-state index in [1.54, 1.807) is 128 Å². The van der Waals surface area contributed by atoms with Crippen LogP contribution in [0.5, 0.6) is 0 Å². The van der Waals surface area contributed by atoms with Gasteiger partial charge in [-0.2, -0.15) is 0 Å². The molecule has 2 aliphatic rings. The first-order valence-electron chi connectivity index (χ1n) is 23.6. The van der Waals surface area contributed by atoms with Crippen molar-refractivity contribution in [3.05, 3.63) is 72.8 Å². The van der Waals surface area contributed by atoms with E-state index in [9.17, 15) is 18.3 Å². The Kier molecular flexibility index (Phi) is 16.8. The summed E-state index contributed by atoms with van der Waals surface area (Å²) in [5.41, 5.74) is 2.46. The molecule has 378 valence electrons. The Bertz CT molecular complexity index is 3590. The number of hydrogen-bond acceptors (Lipinski definition) is 18. The molecule has 5 heterocycles. The summed E-state index contributed by atoms with van der Waals surface area (Å²) in [6.45, 7) is 14.7. The van der Waals surface area contributed by atoms with Crippen LogP contribution in [-0.2, 0) is 73.9 Å². The van der Waals surface area contributed by atoms with Crippen LogP contribution < -0.4 is 31.2 Å². The third kappa shape index (κ3) is 10.3. The Balaban J connectivity index is 0.00000711. The molecule has 0 amide bonds. The van der Waals surface area contributed by atoms with Gasteiger partial charge in [-0.25, -0.2) is 9.97 Å². The number of nitrogens with zero attached hydrogens (tertiary/aromatic N) is 8. The van der Waals surface area contributed by atoms with Gasteiger partial charge in [0.1, 0.15) is 0 Å². The number of hydrogen-bond donors (Lipinski definition) is 0. The number of aromatic nitrogens is 8. The van der Waals surface area contributed by atoms with Crippen molar-refractivity contribution >= 4 is 95.7 Å². The Hall–Kier alpha value is -4.54. The summed E-state index contributed by atoms with van der Waals surface area (Å²) in [5.74, 6) is 0.617. The summed E-state index contributed by atoms with van der Waals surface area (Å²) in [5, 5.41) is 2.88. The summed E-state index contributed by atoms with van der Waals surface area (Å²) < 4.78 is 103. The monoisotopic (exact) mass is 1120 g/mol. The molecule has 0 fully saturated rings. The minimum atomic E-state index is -3.85. The molecule has 0 spiro atoms. The van der Waals surface area contributed by atoms with E-state index in [-0.39, 0.29) is 139 Å². The molecule has 0 N–H and O–H groups in total. The first-order valence-corrected chi connectivity index (χ1v) is 29.8. The summed E-state index contributed by atoms with van der Waals surface area (Å²) in [7, 11) is -15.3. The van der Waals surface area contributed by atoms with E-state index >= 15 is 0 Å². The first kappa shape index (κ1) is 54.7. The van der Waals surface area contributed by atoms with Crippen molar-refractivity contribution in [1.29, 1.82) is 0 Å². The molecule has 20 nitrogen and oxygen atoms in total. The number of fused-ring (bicyclic) bond motifs is 20. The van der Waals surface area contributed by atoms with Crippen LogP contribution in [0.2, 0.25) is 0 Å². The minimum Gasteiger partial charge on any atom is -0.357 e. The van der Waals surface area contributed by atoms with Gasteiger partial charge in [-0.15, -0.1) is 0 Å². The van der Waals surface area contributed by atoms with Gasteiger partial charge in [0.25, 0.3) is 0 Å². The smallest absolute Gasteiger partial charge is 0.357 e. The molecule has 0 atom stereocenters.